The molecule has 0 saturated heterocycles. The lowest BCUT2D eigenvalue weighted by molar-refractivity contribution is 0.669. The normalized spacial score (nSPS) is 11.5. The van der Waals surface area contributed by atoms with Gasteiger partial charge in [0.05, 0.1) is 0 Å². The van der Waals surface area contributed by atoms with Crippen LogP contribution in [0.1, 0.15) is 0 Å². The molecule has 5 nitrogen and oxygen atoms in total. The number of aromatic nitrogens is 3. The van der Waals surface area contributed by atoms with E-state index in [0.717, 1.165) is 105 Å². The van der Waals surface area contributed by atoms with Crippen molar-refractivity contribution in [3.8, 4) is 78.7 Å². The van der Waals surface area contributed by atoms with Crippen molar-refractivity contribution in [2.75, 3.05) is 0 Å². The summed E-state index contributed by atoms with van der Waals surface area (Å²) in [7, 11) is 0. The molecule has 0 saturated carbocycles. The standard InChI is InChI=1S/C57H35N3O2/c1-4-14-36(15-5-1)39-20-10-22-43(32-39)55-58-56(44-23-11-21-40(33-44)37-16-6-2-7-17-37)60-57(59-55)47-25-13-27-51-54(47)48-34-42(29-31-49(48)61-51)45-24-12-26-50-53(45)46-30-28-41(35-52(46)62-50)38-18-8-3-9-19-38/h1-35H. The van der Waals surface area contributed by atoms with E-state index in [4.69, 9.17) is 23.8 Å². The van der Waals surface area contributed by atoms with Crippen LogP contribution in [0.3, 0.4) is 0 Å². The first-order valence-corrected chi connectivity index (χ1v) is 20.7. The number of rotatable bonds is 7. The Morgan fingerprint density at radius 1 is 0.242 bits per heavy atom. The molecule has 5 heteroatoms. The fourth-order valence-electron chi connectivity index (χ4n) is 8.75. The summed E-state index contributed by atoms with van der Waals surface area (Å²) in [5.41, 5.74) is 14.8. The van der Waals surface area contributed by atoms with Gasteiger partial charge >= 0.3 is 0 Å². The van der Waals surface area contributed by atoms with Crippen LogP contribution >= 0.6 is 0 Å². The summed E-state index contributed by atoms with van der Waals surface area (Å²) in [5, 5.41) is 4.08. The molecule has 0 atom stereocenters. The van der Waals surface area contributed by atoms with Gasteiger partial charge in [-0.1, -0.05) is 164 Å². The van der Waals surface area contributed by atoms with E-state index in [2.05, 4.69) is 176 Å². The maximum absolute atomic E-state index is 6.57. The van der Waals surface area contributed by atoms with Crippen LogP contribution in [0.2, 0.25) is 0 Å². The zero-order valence-electron chi connectivity index (χ0n) is 33.4. The molecule has 0 fully saturated rings. The van der Waals surface area contributed by atoms with E-state index in [-0.39, 0.29) is 0 Å². The lowest BCUT2D eigenvalue weighted by Crippen LogP contribution is -2.00. The molecule has 0 aliphatic carbocycles. The lowest BCUT2D eigenvalue weighted by Gasteiger charge is -2.11. The Morgan fingerprint density at radius 2 is 0.694 bits per heavy atom. The van der Waals surface area contributed by atoms with Gasteiger partial charge in [0.25, 0.3) is 0 Å². The Balaban J connectivity index is 1.03. The second-order valence-electron chi connectivity index (χ2n) is 15.5. The number of fused-ring (bicyclic) bond motifs is 6. The molecular weight excluding hydrogens is 759 g/mol. The van der Waals surface area contributed by atoms with Crippen LogP contribution in [0.4, 0.5) is 0 Å². The van der Waals surface area contributed by atoms with Crippen LogP contribution in [0, 0.1) is 0 Å². The fourth-order valence-corrected chi connectivity index (χ4v) is 8.75. The molecule has 3 aromatic heterocycles. The maximum atomic E-state index is 6.57. The predicted molar refractivity (Wildman–Crippen MR) is 252 cm³/mol. The van der Waals surface area contributed by atoms with Gasteiger partial charge in [0.1, 0.15) is 22.3 Å². The summed E-state index contributed by atoms with van der Waals surface area (Å²) in [6.07, 6.45) is 0. The molecule has 290 valence electrons. The van der Waals surface area contributed by atoms with Crippen LogP contribution < -0.4 is 0 Å². The summed E-state index contributed by atoms with van der Waals surface area (Å²) >= 11 is 0. The Bertz CT molecular complexity index is 3530. The molecule has 0 spiro atoms. The van der Waals surface area contributed by atoms with Gasteiger partial charge < -0.3 is 8.83 Å². The molecule has 12 aromatic rings. The Labute approximate surface area is 357 Å². The highest BCUT2D eigenvalue weighted by atomic mass is 16.3. The predicted octanol–water partition coefficient (Wildman–Crippen LogP) is 15.3. The molecule has 12 rings (SSSR count). The third-order valence-electron chi connectivity index (χ3n) is 11.7. The third kappa shape index (κ3) is 6.23. The molecule has 0 unspecified atom stereocenters. The molecule has 62 heavy (non-hydrogen) atoms. The molecular formula is C57H35N3O2. The van der Waals surface area contributed by atoms with Gasteiger partial charge in [-0.3, -0.25) is 0 Å². The number of benzene rings is 9. The van der Waals surface area contributed by atoms with Crippen molar-refractivity contribution in [3.63, 3.8) is 0 Å². The molecule has 9 aromatic carbocycles. The minimum absolute atomic E-state index is 0.566. The molecule has 0 bridgehead atoms. The van der Waals surface area contributed by atoms with E-state index in [9.17, 15) is 0 Å². The molecule has 0 aliphatic heterocycles. The van der Waals surface area contributed by atoms with Gasteiger partial charge in [0, 0.05) is 38.2 Å². The van der Waals surface area contributed by atoms with E-state index in [1.807, 2.05) is 36.4 Å². The lowest BCUT2D eigenvalue weighted by atomic mass is 9.96. The summed E-state index contributed by atoms with van der Waals surface area (Å²) in [6.45, 7) is 0. The number of furan rings is 2. The minimum Gasteiger partial charge on any atom is -0.456 e. The topological polar surface area (TPSA) is 65.0 Å². The largest absolute Gasteiger partial charge is 0.456 e. The zero-order chi connectivity index (χ0) is 41.0. The third-order valence-corrected chi connectivity index (χ3v) is 11.7. The van der Waals surface area contributed by atoms with Gasteiger partial charge in [0.15, 0.2) is 17.5 Å². The molecule has 0 amide bonds. The first-order chi connectivity index (χ1) is 30.7. The highest BCUT2D eigenvalue weighted by molar-refractivity contribution is 6.16. The quantitative estimate of drug-likeness (QED) is 0.161. The second-order valence-corrected chi connectivity index (χ2v) is 15.5. The molecule has 0 N–H and O–H groups in total. The van der Waals surface area contributed by atoms with Crippen molar-refractivity contribution in [2.45, 2.75) is 0 Å². The van der Waals surface area contributed by atoms with E-state index in [1.54, 1.807) is 0 Å². The first-order valence-electron chi connectivity index (χ1n) is 20.7. The highest BCUT2D eigenvalue weighted by Gasteiger charge is 2.20. The zero-order valence-corrected chi connectivity index (χ0v) is 33.4. The van der Waals surface area contributed by atoms with Gasteiger partial charge in [-0.2, -0.15) is 0 Å². The van der Waals surface area contributed by atoms with E-state index in [0.29, 0.717) is 17.5 Å². The van der Waals surface area contributed by atoms with Gasteiger partial charge in [-0.15, -0.1) is 0 Å². The van der Waals surface area contributed by atoms with Gasteiger partial charge in [-0.05, 0) is 93.0 Å². The van der Waals surface area contributed by atoms with Gasteiger partial charge in [0.2, 0.25) is 0 Å². The SMILES string of the molecule is c1ccc(-c2cccc(-c3nc(-c4cccc(-c5ccccc5)c4)nc(-c4cccc5oc6ccc(-c7cccc8oc9cc(-c%10ccccc%10)ccc9c78)cc6c45)n3)c2)cc1. The monoisotopic (exact) mass is 793 g/mol. The van der Waals surface area contributed by atoms with Crippen molar-refractivity contribution in [1.29, 1.82) is 0 Å². The Morgan fingerprint density at radius 3 is 1.29 bits per heavy atom. The Hall–Kier alpha value is -8.41. The molecule has 0 aliphatic rings. The van der Waals surface area contributed by atoms with Crippen LogP contribution in [0.15, 0.2) is 221 Å². The van der Waals surface area contributed by atoms with Crippen LogP contribution in [0.25, 0.3) is 123 Å². The van der Waals surface area contributed by atoms with E-state index in [1.165, 1.54) is 0 Å². The summed E-state index contributed by atoms with van der Waals surface area (Å²) in [4.78, 5) is 15.7. The number of hydrogen-bond donors (Lipinski definition) is 0. The summed E-state index contributed by atoms with van der Waals surface area (Å²) in [6, 6.07) is 73.3. The van der Waals surface area contributed by atoms with E-state index >= 15 is 0 Å². The van der Waals surface area contributed by atoms with E-state index < -0.39 is 0 Å². The summed E-state index contributed by atoms with van der Waals surface area (Å²) < 4.78 is 13.1. The van der Waals surface area contributed by atoms with Crippen LogP contribution in [0.5, 0.6) is 0 Å². The van der Waals surface area contributed by atoms with Gasteiger partial charge in [-0.25, -0.2) is 15.0 Å². The van der Waals surface area contributed by atoms with Crippen molar-refractivity contribution < 1.29 is 8.83 Å². The molecule has 3 heterocycles. The van der Waals surface area contributed by atoms with Crippen LogP contribution in [-0.4, -0.2) is 15.0 Å². The van der Waals surface area contributed by atoms with Crippen molar-refractivity contribution >= 4 is 43.9 Å². The van der Waals surface area contributed by atoms with Crippen LogP contribution in [-0.2, 0) is 0 Å². The van der Waals surface area contributed by atoms with Crippen molar-refractivity contribution in [1.82, 2.24) is 15.0 Å². The smallest absolute Gasteiger partial charge is 0.164 e. The second kappa shape index (κ2) is 14.7. The summed E-state index contributed by atoms with van der Waals surface area (Å²) in [5.74, 6) is 1.75. The number of nitrogens with zero attached hydrogens (tertiary/aromatic N) is 3. The fraction of sp³-hybridized carbons (Fsp3) is 0. The van der Waals surface area contributed by atoms with Crippen molar-refractivity contribution in [3.05, 3.63) is 212 Å². The Kier molecular flexibility index (Phi) is 8.42. The average molecular weight is 794 g/mol. The first kappa shape index (κ1) is 35.5. The average Bonchev–Trinajstić information content (AvgIpc) is 3.93. The molecule has 0 radical (unpaired) electrons. The maximum Gasteiger partial charge on any atom is 0.164 e. The van der Waals surface area contributed by atoms with Crippen molar-refractivity contribution in [2.24, 2.45) is 0 Å². The minimum atomic E-state index is 0.566. The number of hydrogen-bond acceptors (Lipinski definition) is 5. The highest BCUT2D eigenvalue weighted by Crippen LogP contribution is 2.42.